The van der Waals surface area contributed by atoms with E-state index in [2.05, 4.69) is 11.9 Å². The van der Waals surface area contributed by atoms with E-state index in [9.17, 15) is 4.79 Å². The molecule has 0 saturated heterocycles. The van der Waals surface area contributed by atoms with E-state index in [0.717, 1.165) is 0 Å². The Morgan fingerprint density at radius 1 is 1.75 bits per heavy atom. The highest BCUT2D eigenvalue weighted by Gasteiger charge is 2.26. The van der Waals surface area contributed by atoms with Crippen LogP contribution in [0.15, 0.2) is 12.7 Å². The molecule has 70 valence electrons. The van der Waals surface area contributed by atoms with E-state index in [1.807, 2.05) is 20.8 Å². The van der Waals surface area contributed by atoms with E-state index in [1.165, 1.54) is 0 Å². The summed E-state index contributed by atoms with van der Waals surface area (Å²) in [6, 6.07) is -0.00000772. The van der Waals surface area contributed by atoms with Crippen molar-refractivity contribution in [3.05, 3.63) is 12.7 Å². The van der Waals surface area contributed by atoms with Crippen molar-refractivity contribution >= 4 is 17.5 Å². The second kappa shape index (κ2) is 4.51. The minimum Gasteiger partial charge on any atom is -0.350 e. The maximum atomic E-state index is 11.4. The Balaban J connectivity index is 4.12. The number of alkyl halides is 1. The predicted octanol–water partition coefficient (Wildman–Crippen LogP) is 1.94. The van der Waals surface area contributed by atoms with Gasteiger partial charge in [-0.05, 0) is 20.8 Å². The number of hydrogen-bond acceptors (Lipinski definition) is 1. The van der Waals surface area contributed by atoms with Gasteiger partial charge in [-0.15, -0.1) is 18.2 Å². The number of carbonyl (C=O) groups excluding carboxylic acids is 1. The van der Waals surface area contributed by atoms with Crippen LogP contribution in [0.5, 0.6) is 0 Å². The highest BCUT2D eigenvalue weighted by atomic mass is 35.5. The summed E-state index contributed by atoms with van der Waals surface area (Å²) in [5.41, 5.74) is -0.501. The minimum absolute atomic E-state index is 0.00000772. The lowest BCUT2D eigenvalue weighted by Gasteiger charge is -2.22. The fraction of sp³-hybridized carbons (Fsp3) is 0.667. The first kappa shape index (κ1) is 11.5. The molecule has 0 saturated carbocycles. The SMILES string of the molecule is C=CC(C)NC(=O)C(C)(C)CCl. The minimum atomic E-state index is -0.501. The second-order valence-corrected chi connectivity index (χ2v) is 3.78. The van der Waals surface area contributed by atoms with Crippen LogP contribution >= 0.6 is 11.6 Å². The number of carbonyl (C=O) groups is 1. The summed E-state index contributed by atoms with van der Waals surface area (Å²) in [6.45, 7) is 9.07. The van der Waals surface area contributed by atoms with Gasteiger partial charge in [0.15, 0.2) is 0 Å². The summed E-state index contributed by atoms with van der Waals surface area (Å²) < 4.78 is 0. The van der Waals surface area contributed by atoms with Gasteiger partial charge in [0.25, 0.3) is 0 Å². The molecule has 2 nitrogen and oxygen atoms in total. The van der Waals surface area contributed by atoms with Crippen LogP contribution in [-0.2, 0) is 4.79 Å². The number of rotatable bonds is 4. The third-order valence-corrected chi connectivity index (χ3v) is 2.33. The van der Waals surface area contributed by atoms with Crippen LogP contribution in [0.4, 0.5) is 0 Å². The zero-order valence-electron chi connectivity index (χ0n) is 7.86. The maximum Gasteiger partial charge on any atom is 0.227 e. The Kier molecular flexibility index (Phi) is 4.32. The Morgan fingerprint density at radius 3 is 2.58 bits per heavy atom. The van der Waals surface area contributed by atoms with E-state index >= 15 is 0 Å². The van der Waals surface area contributed by atoms with Crippen LogP contribution in [0.25, 0.3) is 0 Å². The van der Waals surface area contributed by atoms with Gasteiger partial charge in [0, 0.05) is 11.9 Å². The third kappa shape index (κ3) is 3.26. The van der Waals surface area contributed by atoms with Gasteiger partial charge in [-0.2, -0.15) is 0 Å². The number of nitrogens with one attached hydrogen (secondary N) is 1. The van der Waals surface area contributed by atoms with Crippen molar-refractivity contribution in [3.63, 3.8) is 0 Å². The van der Waals surface area contributed by atoms with Gasteiger partial charge in [0.2, 0.25) is 5.91 Å². The zero-order valence-corrected chi connectivity index (χ0v) is 8.61. The summed E-state index contributed by atoms with van der Waals surface area (Å²) in [5.74, 6) is 0.285. The fourth-order valence-corrected chi connectivity index (χ4v) is 0.643. The topological polar surface area (TPSA) is 29.1 Å². The summed E-state index contributed by atoms with van der Waals surface area (Å²) in [4.78, 5) is 11.4. The molecule has 0 aromatic rings. The second-order valence-electron chi connectivity index (χ2n) is 3.52. The molecule has 1 atom stereocenters. The maximum absolute atomic E-state index is 11.4. The van der Waals surface area contributed by atoms with Crippen molar-refractivity contribution in [3.8, 4) is 0 Å². The van der Waals surface area contributed by atoms with Crippen molar-refractivity contribution in [2.24, 2.45) is 5.41 Å². The van der Waals surface area contributed by atoms with Crippen LogP contribution in [0.1, 0.15) is 20.8 Å². The lowest BCUT2D eigenvalue weighted by Crippen LogP contribution is -2.41. The van der Waals surface area contributed by atoms with Crippen LogP contribution in [-0.4, -0.2) is 17.8 Å². The van der Waals surface area contributed by atoms with E-state index < -0.39 is 5.41 Å². The highest BCUT2D eigenvalue weighted by Crippen LogP contribution is 2.16. The van der Waals surface area contributed by atoms with E-state index in [4.69, 9.17) is 11.6 Å². The first-order valence-corrected chi connectivity index (χ1v) is 4.47. The largest absolute Gasteiger partial charge is 0.350 e. The fourth-order valence-electron chi connectivity index (χ4n) is 0.522. The van der Waals surface area contributed by atoms with Crippen molar-refractivity contribution in [1.82, 2.24) is 5.32 Å². The average molecular weight is 190 g/mol. The van der Waals surface area contributed by atoms with Crippen molar-refractivity contribution < 1.29 is 4.79 Å². The zero-order chi connectivity index (χ0) is 9.78. The molecular weight excluding hydrogens is 174 g/mol. The summed E-state index contributed by atoms with van der Waals surface area (Å²) in [5, 5.41) is 2.78. The molecule has 1 N–H and O–H groups in total. The quantitative estimate of drug-likeness (QED) is 0.532. The molecule has 0 aliphatic heterocycles. The van der Waals surface area contributed by atoms with Gasteiger partial charge in [0.1, 0.15) is 0 Å². The lowest BCUT2D eigenvalue weighted by atomic mass is 9.95. The standard InChI is InChI=1S/C9H16ClNO/c1-5-7(2)11-8(12)9(3,4)6-10/h5,7H,1,6H2,2-4H3,(H,11,12). The third-order valence-electron chi connectivity index (χ3n) is 1.66. The molecule has 0 aromatic carbocycles. The van der Waals surface area contributed by atoms with Gasteiger partial charge >= 0.3 is 0 Å². The summed E-state index contributed by atoms with van der Waals surface area (Å²) >= 11 is 5.63. The average Bonchev–Trinajstić information content (AvgIpc) is 2.04. The molecule has 1 unspecified atom stereocenters. The van der Waals surface area contributed by atoms with Gasteiger partial charge in [-0.3, -0.25) is 4.79 Å². The number of amides is 1. The van der Waals surface area contributed by atoms with Gasteiger partial charge < -0.3 is 5.32 Å². The van der Waals surface area contributed by atoms with Gasteiger partial charge in [0.05, 0.1) is 5.41 Å². The highest BCUT2D eigenvalue weighted by molar-refractivity contribution is 6.19. The van der Waals surface area contributed by atoms with Crippen LogP contribution in [0, 0.1) is 5.41 Å². The van der Waals surface area contributed by atoms with Crippen molar-refractivity contribution in [2.45, 2.75) is 26.8 Å². The Bertz CT molecular complexity index is 177. The molecule has 12 heavy (non-hydrogen) atoms. The molecule has 0 heterocycles. The smallest absolute Gasteiger partial charge is 0.227 e. The molecule has 1 amide bonds. The Labute approximate surface area is 79.0 Å². The molecule has 0 fully saturated rings. The molecule has 3 heteroatoms. The molecule has 0 aromatic heterocycles. The van der Waals surface area contributed by atoms with Crippen LogP contribution < -0.4 is 5.32 Å². The van der Waals surface area contributed by atoms with Crippen molar-refractivity contribution in [2.75, 3.05) is 5.88 Å². The molecule has 0 aliphatic rings. The van der Waals surface area contributed by atoms with Gasteiger partial charge in [-0.1, -0.05) is 6.08 Å². The molecule has 0 rings (SSSR count). The molecular formula is C9H16ClNO. The monoisotopic (exact) mass is 189 g/mol. The number of hydrogen-bond donors (Lipinski definition) is 1. The normalized spacial score (nSPS) is 13.7. The molecule has 0 bridgehead atoms. The van der Waals surface area contributed by atoms with E-state index in [0.29, 0.717) is 5.88 Å². The summed E-state index contributed by atoms with van der Waals surface area (Å²) in [7, 11) is 0. The lowest BCUT2D eigenvalue weighted by molar-refractivity contribution is -0.128. The molecule has 0 aliphatic carbocycles. The predicted molar refractivity (Wildman–Crippen MR) is 52.3 cm³/mol. The summed E-state index contributed by atoms with van der Waals surface area (Å²) in [6.07, 6.45) is 1.68. The Morgan fingerprint density at radius 2 is 2.25 bits per heavy atom. The molecule has 0 radical (unpaired) electrons. The first-order valence-electron chi connectivity index (χ1n) is 3.93. The molecule has 0 spiro atoms. The number of halogens is 1. The van der Waals surface area contributed by atoms with Crippen LogP contribution in [0.2, 0.25) is 0 Å². The van der Waals surface area contributed by atoms with Crippen LogP contribution in [0.3, 0.4) is 0 Å². The van der Waals surface area contributed by atoms with Crippen molar-refractivity contribution in [1.29, 1.82) is 0 Å². The van der Waals surface area contributed by atoms with Gasteiger partial charge in [-0.25, -0.2) is 0 Å². The first-order chi connectivity index (χ1) is 5.44. The Hall–Kier alpha value is -0.500. The van der Waals surface area contributed by atoms with E-state index in [1.54, 1.807) is 6.08 Å². The van der Waals surface area contributed by atoms with E-state index in [-0.39, 0.29) is 11.9 Å².